The molecule has 2 unspecified atom stereocenters. The van der Waals surface area contributed by atoms with Gasteiger partial charge in [0.25, 0.3) is 0 Å². The lowest BCUT2D eigenvalue weighted by Gasteiger charge is -2.26. The average molecular weight is 381 g/mol. The molecule has 0 saturated carbocycles. The Balaban J connectivity index is 3.93. The Morgan fingerprint density at radius 3 is 1.44 bits per heavy atom. The highest BCUT2D eigenvalue weighted by Gasteiger charge is 2.20. The van der Waals surface area contributed by atoms with Crippen molar-refractivity contribution in [2.45, 2.75) is 67.2 Å². The molecule has 0 bridgehead atoms. The first-order valence-corrected chi connectivity index (χ1v) is 9.97. The van der Waals surface area contributed by atoms with E-state index in [1.807, 2.05) is 0 Å². The second-order valence-corrected chi connectivity index (χ2v) is 8.89. The van der Waals surface area contributed by atoms with Gasteiger partial charge in [0.15, 0.2) is 11.6 Å². The molecule has 27 heavy (non-hydrogen) atoms. The molecule has 0 aliphatic heterocycles. The van der Waals surface area contributed by atoms with E-state index in [0.717, 1.165) is 12.8 Å². The van der Waals surface area contributed by atoms with E-state index in [4.69, 9.17) is 9.47 Å². The van der Waals surface area contributed by atoms with Crippen LogP contribution in [0.3, 0.4) is 0 Å². The molecular weight excluding hydrogens is 340 g/mol. The van der Waals surface area contributed by atoms with Crippen molar-refractivity contribution in [3.63, 3.8) is 0 Å². The first-order chi connectivity index (χ1) is 12.4. The van der Waals surface area contributed by atoms with Gasteiger partial charge in [0.2, 0.25) is 0 Å². The zero-order valence-electron chi connectivity index (χ0n) is 18.4. The van der Waals surface area contributed by atoms with Crippen LogP contribution in [-0.2, 0) is 19.1 Å². The lowest BCUT2D eigenvalue weighted by molar-refractivity contribution is -0.116. The van der Waals surface area contributed by atoms with Gasteiger partial charge in [-0.3, -0.25) is 9.59 Å². The Morgan fingerprint density at radius 1 is 0.815 bits per heavy atom. The lowest BCUT2D eigenvalue weighted by atomic mass is 9.96. The van der Waals surface area contributed by atoms with Crippen LogP contribution < -0.4 is 0 Å². The topological polar surface area (TPSA) is 52.6 Å². The second kappa shape index (κ2) is 13.0. The van der Waals surface area contributed by atoms with Crippen molar-refractivity contribution < 1.29 is 19.1 Å². The van der Waals surface area contributed by atoms with E-state index < -0.39 is 0 Å². The maximum Gasteiger partial charge on any atom is 0.157 e. The van der Waals surface area contributed by atoms with Gasteiger partial charge in [-0.05, 0) is 49.7 Å². The van der Waals surface area contributed by atoms with Crippen molar-refractivity contribution in [1.29, 1.82) is 0 Å². The molecule has 0 aromatic rings. The standard InChI is InChI=1S/C23H40O4/c1-17(2)21(24)11-9-19(5)13-26-15-23(7,8)16-27-14-20(6)10-12-22(25)18(3)4/h19-20H,1,3,9-16H2,2,4-8H3. The van der Waals surface area contributed by atoms with Gasteiger partial charge >= 0.3 is 0 Å². The smallest absolute Gasteiger partial charge is 0.157 e. The number of ether oxygens (including phenoxy) is 2. The highest BCUT2D eigenvalue weighted by molar-refractivity contribution is 5.94. The van der Waals surface area contributed by atoms with Crippen LogP contribution in [0.1, 0.15) is 67.2 Å². The van der Waals surface area contributed by atoms with Gasteiger partial charge in [-0.25, -0.2) is 0 Å². The van der Waals surface area contributed by atoms with Gasteiger partial charge in [-0.2, -0.15) is 0 Å². The largest absolute Gasteiger partial charge is 0.381 e. The van der Waals surface area contributed by atoms with Gasteiger partial charge in [0.05, 0.1) is 13.2 Å². The predicted molar refractivity (Wildman–Crippen MR) is 112 cm³/mol. The molecule has 2 atom stereocenters. The number of hydrogen-bond acceptors (Lipinski definition) is 4. The zero-order valence-corrected chi connectivity index (χ0v) is 18.4. The Kier molecular flexibility index (Phi) is 12.4. The number of carbonyl (C=O) groups excluding carboxylic acids is 2. The van der Waals surface area contributed by atoms with E-state index in [9.17, 15) is 9.59 Å². The monoisotopic (exact) mass is 380 g/mol. The maximum absolute atomic E-state index is 11.6. The molecule has 0 radical (unpaired) electrons. The van der Waals surface area contributed by atoms with Crippen LogP contribution in [0.15, 0.2) is 24.3 Å². The fraction of sp³-hybridized carbons (Fsp3) is 0.739. The molecule has 4 nitrogen and oxygen atoms in total. The van der Waals surface area contributed by atoms with Gasteiger partial charge in [-0.15, -0.1) is 0 Å². The Bertz CT molecular complexity index is 461. The second-order valence-electron chi connectivity index (χ2n) is 8.89. The van der Waals surface area contributed by atoms with Crippen molar-refractivity contribution in [3.05, 3.63) is 24.3 Å². The SMILES string of the molecule is C=C(C)C(=O)CCC(C)COCC(C)(C)COCC(C)CCC(=O)C(=C)C. The summed E-state index contributed by atoms with van der Waals surface area (Å²) < 4.78 is 11.7. The van der Waals surface area contributed by atoms with Crippen LogP contribution >= 0.6 is 0 Å². The number of allylic oxidation sites excluding steroid dienone is 2. The van der Waals surface area contributed by atoms with Crippen molar-refractivity contribution in [2.24, 2.45) is 17.3 Å². The van der Waals surface area contributed by atoms with Crippen molar-refractivity contribution in [2.75, 3.05) is 26.4 Å². The molecule has 0 aromatic carbocycles. The first kappa shape index (κ1) is 25.7. The molecule has 0 aliphatic rings. The molecule has 0 heterocycles. The van der Waals surface area contributed by atoms with Crippen LogP contribution in [0.5, 0.6) is 0 Å². The molecule has 156 valence electrons. The van der Waals surface area contributed by atoms with E-state index >= 15 is 0 Å². The van der Waals surface area contributed by atoms with E-state index in [1.165, 1.54) is 0 Å². The van der Waals surface area contributed by atoms with E-state index in [0.29, 0.717) is 62.3 Å². The maximum atomic E-state index is 11.6. The average Bonchev–Trinajstić information content (AvgIpc) is 2.56. The summed E-state index contributed by atoms with van der Waals surface area (Å²) in [5.74, 6) is 0.955. The van der Waals surface area contributed by atoms with Crippen LogP contribution in [-0.4, -0.2) is 38.0 Å². The fourth-order valence-corrected chi connectivity index (χ4v) is 2.46. The molecule has 0 amide bonds. The Hall–Kier alpha value is -1.26. The van der Waals surface area contributed by atoms with Gasteiger partial charge in [-0.1, -0.05) is 40.9 Å². The van der Waals surface area contributed by atoms with Crippen LogP contribution in [0, 0.1) is 17.3 Å². The number of rotatable bonds is 16. The van der Waals surface area contributed by atoms with Gasteiger partial charge in [0, 0.05) is 31.5 Å². The summed E-state index contributed by atoms with van der Waals surface area (Å²) in [6.45, 7) is 21.8. The minimum Gasteiger partial charge on any atom is -0.381 e. The summed E-state index contributed by atoms with van der Waals surface area (Å²) >= 11 is 0. The summed E-state index contributed by atoms with van der Waals surface area (Å²) in [6, 6.07) is 0. The Labute approximate surface area is 166 Å². The highest BCUT2D eigenvalue weighted by Crippen LogP contribution is 2.19. The van der Waals surface area contributed by atoms with Gasteiger partial charge in [0.1, 0.15) is 0 Å². The number of carbonyl (C=O) groups is 2. The fourth-order valence-electron chi connectivity index (χ4n) is 2.46. The van der Waals surface area contributed by atoms with Crippen LogP contribution in [0.4, 0.5) is 0 Å². The van der Waals surface area contributed by atoms with E-state index in [1.54, 1.807) is 13.8 Å². The number of ketones is 2. The third kappa shape index (κ3) is 13.5. The van der Waals surface area contributed by atoms with Crippen LogP contribution in [0.2, 0.25) is 0 Å². The predicted octanol–water partition coefficient (Wildman–Crippen LogP) is 5.17. The number of Topliss-reactive ketones (excluding diaryl/α,β-unsaturated/α-hetero) is 2. The zero-order chi connectivity index (χ0) is 21.0. The molecule has 0 fully saturated rings. The summed E-state index contributed by atoms with van der Waals surface area (Å²) in [6.07, 6.45) is 2.72. The third-order valence-corrected chi connectivity index (χ3v) is 4.47. The van der Waals surface area contributed by atoms with Crippen molar-refractivity contribution in [3.8, 4) is 0 Å². The third-order valence-electron chi connectivity index (χ3n) is 4.47. The van der Waals surface area contributed by atoms with E-state index in [-0.39, 0.29) is 17.0 Å². The molecule has 0 N–H and O–H groups in total. The van der Waals surface area contributed by atoms with E-state index in [2.05, 4.69) is 40.9 Å². The molecule has 0 aliphatic carbocycles. The summed E-state index contributed by atoms with van der Waals surface area (Å²) in [4.78, 5) is 23.2. The number of hydrogen-bond donors (Lipinski definition) is 0. The molecular formula is C23H40O4. The van der Waals surface area contributed by atoms with Crippen molar-refractivity contribution in [1.82, 2.24) is 0 Å². The lowest BCUT2D eigenvalue weighted by Crippen LogP contribution is -2.27. The minimum atomic E-state index is -0.0690. The molecule has 0 rings (SSSR count). The minimum absolute atomic E-state index is 0.0690. The first-order valence-electron chi connectivity index (χ1n) is 9.97. The van der Waals surface area contributed by atoms with Gasteiger partial charge < -0.3 is 9.47 Å². The van der Waals surface area contributed by atoms with Crippen molar-refractivity contribution >= 4 is 11.6 Å². The summed E-state index contributed by atoms with van der Waals surface area (Å²) in [5, 5.41) is 0. The normalized spacial score (nSPS) is 13.9. The molecule has 0 aromatic heterocycles. The Morgan fingerprint density at radius 2 is 1.15 bits per heavy atom. The summed E-state index contributed by atoms with van der Waals surface area (Å²) in [7, 11) is 0. The summed E-state index contributed by atoms with van der Waals surface area (Å²) in [5.41, 5.74) is 1.18. The molecule has 4 heteroatoms. The van der Waals surface area contributed by atoms with Crippen LogP contribution in [0.25, 0.3) is 0 Å². The molecule has 0 spiro atoms. The molecule has 0 saturated heterocycles. The quantitative estimate of drug-likeness (QED) is 0.347. The highest BCUT2D eigenvalue weighted by atomic mass is 16.5.